The minimum absolute atomic E-state index is 0.455. The van der Waals surface area contributed by atoms with Crippen molar-refractivity contribution in [1.82, 2.24) is 14.8 Å². The molecule has 4 aromatic rings. The molecule has 1 unspecified atom stereocenters. The molecule has 0 saturated heterocycles. The van der Waals surface area contributed by atoms with Gasteiger partial charge in [0.15, 0.2) is 0 Å². The molecule has 4 rings (SSSR count). The van der Waals surface area contributed by atoms with E-state index in [4.69, 9.17) is 4.74 Å². The van der Waals surface area contributed by atoms with Crippen molar-refractivity contribution in [2.45, 2.75) is 12.5 Å². The van der Waals surface area contributed by atoms with E-state index in [1.807, 2.05) is 65.3 Å². The highest BCUT2D eigenvalue weighted by Crippen LogP contribution is 2.34. The van der Waals surface area contributed by atoms with E-state index < -0.39 is 5.54 Å². The van der Waals surface area contributed by atoms with Crippen LogP contribution in [0.5, 0.6) is 11.5 Å². The zero-order valence-electron chi connectivity index (χ0n) is 14.5. The van der Waals surface area contributed by atoms with Gasteiger partial charge in [-0.05, 0) is 42.3 Å². The Morgan fingerprint density at radius 2 is 1.31 bits per heavy atom. The molecule has 0 radical (unpaired) electrons. The molecule has 0 N–H and O–H groups in total. The fourth-order valence-corrected chi connectivity index (χ4v) is 3.11. The lowest BCUT2D eigenvalue weighted by Gasteiger charge is -2.31. The van der Waals surface area contributed by atoms with Crippen LogP contribution in [-0.4, -0.2) is 14.8 Å². The van der Waals surface area contributed by atoms with Gasteiger partial charge in [0.2, 0.25) is 0 Å². The van der Waals surface area contributed by atoms with Gasteiger partial charge in [0.05, 0.1) is 0 Å². The van der Waals surface area contributed by atoms with Gasteiger partial charge in [0, 0.05) is 0 Å². The van der Waals surface area contributed by atoms with Crippen molar-refractivity contribution in [3.8, 4) is 11.5 Å². The minimum atomic E-state index is -0.455. The van der Waals surface area contributed by atoms with Gasteiger partial charge < -0.3 is 4.74 Å². The van der Waals surface area contributed by atoms with E-state index in [-0.39, 0.29) is 0 Å². The Balaban J connectivity index is 1.71. The highest BCUT2D eigenvalue weighted by atomic mass is 16.5. The molecule has 1 heterocycles. The van der Waals surface area contributed by atoms with Crippen molar-refractivity contribution in [2.75, 3.05) is 0 Å². The number of rotatable bonds is 5. The average Bonchev–Trinajstić information content (AvgIpc) is 3.25. The molecule has 0 fully saturated rings. The summed E-state index contributed by atoms with van der Waals surface area (Å²) in [7, 11) is 0. The van der Waals surface area contributed by atoms with Gasteiger partial charge in [-0.25, -0.2) is 9.67 Å². The van der Waals surface area contributed by atoms with Crippen molar-refractivity contribution in [1.29, 1.82) is 0 Å². The Bertz CT molecular complexity index is 951. The molecule has 1 atom stereocenters. The average molecular weight is 341 g/mol. The Morgan fingerprint density at radius 1 is 0.731 bits per heavy atom. The molecule has 0 saturated carbocycles. The van der Waals surface area contributed by atoms with E-state index in [0.717, 1.165) is 22.6 Å². The van der Waals surface area contributed by atoms with Crippen LogP contribution in [0.15, 0.2) is 97.6 Å². The largest absolute Gasteiger partial charge is 0.457 e. The highest BCUT2D eigenvalue weighted by molar-refractivity contribution is 5.41. The first-order valence-electron chi connectivity index (χ1n) is 8.51. The lowest BCUT2D eigenvalue weighted by atomic mass is 9.85. The third-order valence-corrected chi connectivity index (χ3v) is 4.61. The second-order valence-electron chi connectivity index (χ2n) is 6.22. The topological polar surface area (TPSA) is 39.9 Å². The maximum atomic E-state index is 5.91. The second kappa shape index (κ2) is 6.84. The summed E-state index contributed by atoms with van der Waals surface area (Å²) in [6, 6.07) is 28.2. The zero-order valence-corrected chi connectivity index (χ0v) is 14.5. The van der Waals surface area contributed by atoms with Crippen molar-refractivity contribution in [3.63, 3.8) is 0 Å². The number of hydrogen-bond donors (Lipinski definition) is 0. The standard InChI is InChI=1S/C22H19N3O/c1-22(25-17-23-16-24-25,18-8-4-2-5-9-18)19-12-14-21(15-13-19)26-20-10-6-3-7-11-20/h2-17H,1H3. The summed E-state index contributed by atoms with van der Waals surface area (Å²) in [6.07, 6.45) is 3.31. The van der Waals surface area contributed by atoms with Gasteiger partial charge >= 0.3 is 0 Å². The van der Waals surface area contributed by atoms with Gasteiger partial charge in [0.25, 0.3) is 0 Å². The van der Waals surface area contributed by atoms with Crippen LogP contribution in [0.4, 0.5) is 0 Å². The van der Waals surface area contributed by atoms with E-state index >= 15 is 0 Å². The normalized spacial score (nSPS) is 13.1. The third kappa shape index (κ3) is 2.97. The summed E-state index contributed by atoms with van der Waals surface area (Å²) < 4.78 is 7.79. The van der Waals surface area contributed by atoms with Crippen LogP contribution in [0.25, 0.3) is 0 Å². The van der Waals surface area contributed by atoms with Crippen molar-refractivity contribution in [3.05, 3.63) is 109 Å². The van der Waals surface area contributed by atoms with Crippen LogP contribution in [-0.2, 0) is 5.54 Å². The molecule has 0 aliphatic rings. The Hall–Kier alpha value is -3.40. The third-order valence-electron chi connectivity index (χ3n) is 4.61. The smallest absolute Gasteiger partial charge is 0.137 e. The van der Waals surface area contributed by atoms with E-state index in [1.165, 1.54) is 0 Å². The van der Waals surface area contributed by atoms with Gasteiger partial charge in [-0.1, -0.05) is 60.7 Å². The number of aromatic nitrogens is 3. The molecule has 128 valence electrons. The van der Waals surface area contributed by atoms with Gasteiger partial charge in [-0.15, -0.1) is 0 Å². The molecular formula is C22H19N3O. The number of benzene rings is 3. The van der Waals surface area contributed by atoms with Crippen LogP contribution >= 0.6 is 0 Å². The Kier molecular flexibility index (Phi) is 4.23. The predicted octanol–water partition coefficient (Wildman–Crippen LogP) is 4.88. The number of ether oxygens (including phenoxy) is 1. The van der Waals surface area contributed by atoms with Crippen LogP contribution in [0, 0.1) is 0 Å². The maximum absolute atomic E-state index is 5.91. The van der Waals surface area contributed by atoms with Gasteiger partial charge in [0.1, 0.15) is 29.7 Å². The lowest BCUT2D eigenvalue weighted by molar-refractivity contribution is 0.423. The van der Waals surface area contributed by atoms with E-state index in [1.54, 1.807) is 12.7 Å². The van der Waals surface area contributed by atoms with E-state index in [2.05, 4.69) is 41.3 Å². The SMILES string of the molecule is CC(c1ccccc1)(c1ccc(Oc2ccccc2)cc1)n1cncn1. The number of nitrogens with zero attached hydrogens (tertiary/aromatic N) is 3. The van der Waals surface area contributed by atoms with Gasteiger partial charge in [-0.3, -0.25) is 0 Å². The summed E-state index contributed by atoms with van der Waals surface area (Å²) in [5.74, 6) is 1.62. The monoisotopic (exact) mass is 341 g/mol. The van der Waals surface area contributed by atoms with Crippen LogP contribution in [0.3, 0.4) is 0 Å². The van der Waals surface area contributed by atoms with Crippen molar-refractivity contribution < 1.29 is 4.74 Å². The first kappa shape index (κ1) is 16.1. The summed E-state index contributed by atoms with van der Waals surface area (Å²) in [5, 5.41) is 4.41. The second-order valence-corrected chi connectivity index (χ2v) is 6.22. The van der Waals surface area contributed by atoms with Gasteiger partial charge in [-0.2, -0.15) is 5.10 Å². The summed E-state index contributed by atoms with van der Waals surface area (Å²) in [6.45, 7) is 2.14. The summed E-state index contributed by atoms with van der Waals surface area (Å²) >= 11 is 0. The zero-order chi connectivity index (χ0) is 17.8. The van der Waals surface area contributed by atoms with Crippen LogP contribution < -0.4 is 4.74 Å². The van der Waals surface area contributed by atoms with E-state index in [0.29, 0.717) is 0 Å². The fraction of sp³-hybridized carbons (Fsp3) is 0.0909. The molecule has 0 aliphatic carbocycles. The van der Waals surface area contributed by atoms with Crippen LogP contribution in [0.2, 0.25) is 0 Å². The lowest BCUT2D eigenvalue weighted by Crippen LogP contribution is -2.33. The van der Waals surface area contributed by atoms with E-state index in [9.17, 15) is 0 Å². The Morgan fingerprint density at radius 3 is 1.92 bits per heavy atom. The summed E-state index contributed by atoms with van der Waals surface area (Å²) in [4.78, 5) is 4.14. The molecule has 0 spiro atoms. The first-order chi connectivity index (χ1) is 12.8. The quantitative estimate of drug-likeness (QED) is 0.519. The van der Waals surface area contributed by atoms with Crippen LogP contribution in [0.1, 0.15) is 18.1 Å². The molecular weight excluding hydrogens is 322 g/mol. The Labute approximate surface area is 152 Å². The first-order valence-corrected chi connectivity index (χ1v) is 8.51. The molecule has 1 aromatic heterocycles. The highest BCUT2D eigenvalue weighted by Gasteiger charge is 2.31. The van der Waals surface area contributed by atoms with Crippen molar-refractivity contribution in [2.24, 2.45) is 0 Å². The molecule has 0 bridgehead atoms. The molecule has 26 heavy (non-hydrogen) atoms. The molecule has 0 amide bonds. The molecule has 0 aliphatic heterocycles. The molecule has 4 heteroatoms. The minimum Gasteiger partial charge on any atom is -0.457 e. The predicted molar refractivity (Wildman–Crippen MR) is 101 cm³/mol. The maximum Gasteiger partial charge on any atom is 0.137 e. The van der Waals surface area contributed by atoms with Crippen molar-refractivity contribution >= 4 is 0 Å². The fourth-order valence-electron chi connectivity index (χ4n) is 3.11. The molecule has 4 nitrogen and oxygen atoms in total. The number of para-hydroxylation sites is 1. The molecule has 3 aromatic carbocycles. The summed E-state index contributed by atoms with van der Waals surface area (Å²) in [5.41, 5.74) is 1.79. The number of hydrogen-bond acceptors (Lipinski definition) is 3.